The van der Waals surface area contributed by atoms with Crippen molar-refractivity contribution in [3.8, 4) is 0 Å². The van der Waals surface area contributed by atoms with Gasteiger partial charge in [-0.1, -0.05) is 219 Å². The van der Waals surface area contributed by atoms with Crippen LogP contribution in [0.5, 0.6) is 0 Å². The van der Waals surface area contributed by atoms with Crippen LogP contribution in [0.2, 0.25) is 0 Å². The summed E-state index contributed by atoms with van der Waals surface area (Å²) in [4.78, 5) is 26.8. The topological polar surface area (TPSA) is 55.8 Å². The SMILES string of the molecule is CCCCC(C/C=C\COC(=O)CCCCCCCC(CCCCCCCC(=O)OC/C=C\CC(CCCC)CCCC)CCCCCCN(C)C)CCCC. The molecule has 0 heterocycles. The number of esters is 2. The fourth-order valence-corrected chi connectivity index (χ4v) is 7.98. The lowest BCUT2D eigenvalue weighted by Gasteiger charge is -2.17. The zero-order chi connectivity index (χ0) is 41.2. The molecule has 5 nitrogen and oxygen atoms in total. The normalized spacial score (nSPS) is 12.1. The minimum atomic E-state index is -0.0410. The van der Waals surface area contributed by atoms with Crippen LogP contribution in [0.4, 0.5) is 0 Å². The lowest BCUT2D eigenvalue weighted by atomic mass is 9.89. The molecule has 0 radical (unpaired) electrons. The van der Waals surface area contributed by atoms with Gasteiger partial charge in [-0.3, -0.25) is 9.59 Å². The van der Waals surface area contributed by atoms with Gasteiger partial charge in [-0.2, -0.15) is 0 Å². The van der Waals surface area contributed by atoms with E-state index in [0.717, 1.165) is 56.3 Å². The molecule has 0 bridgehead atoms. The van der Waals surface area contributed by atoms with Crippen molar-refractivity contribution in [1.82, 2.24) is 4.90 Å². The molecule has 330 valence electrons. The van der Waals surface area contributed by atoms with Gasteiger partial charge in [0.05, 0.1) is 0 Å². The molecule has 0 aromatic carbocycles. The molecule has 0 spiro atoms. The molecule has 0 unspecified atom stereocenters. The van der Waals surface area contributed by atoms with E-state index < -0.39 is 0 Å². The molecule has 0 aliphatic carbocycles. The number of hydrogen-bond acceptors (Lipinski definition) is 5. The highest BCUT2D eigenvalue weighted by Crippen LogP contribution is 2.25. The van der Waals surface area contributed by atoms with Gasteiger partial charge in [0.25, 0.3) is 0 Å². The van der Waals surface area contributed by atoms with Crippen molar-refractivity contribution < 1.29 is 19.1 Å². The lowest BCUT2D eigenvalue weighted by molar-refractivity contribution is -0.143. The maximum absolute atomic E-state index is 12.3. The summed E-state index contributed by atoms with van der Waals surface area (Å²) in [5.74, 6) is 2.32. The van der Waals surface area contributed by atoms with Gasteiger partial charge in [0, 0.05) is 12.8 Å². The number of carbonyl (C=O) groups excluding carboxylic acids is 2. The Morgan fingerprint density at radius 3 is 1.09 bits per heavy atom. The first-order chi connectivity index (χ1) is 27.4. The second-order valence-corrected chi connectivity index (χ2v) is 17.6. The molecule has 0 N–H and O–H groups in total. The van der Waals surface area contributed by atoms with E-state index in [-0.39, 0.29) is 11.9 Å². The van der Waals surface area contributed by atoms with Crippen molar-refractivity contribution in [3.05, 3.63) is 24.3 Å². The van der Waals surface area contributed by atoms with Crippen LogP contribution in [-0.2, 0) is 19.1 Å². The number of unbranched alkanes of at least 4 members (excludes halogenated alkanes) is 15. The van der Waals surface area contributed by atoms with Gasteiger partial charge in [0.1, 0.15) is 13.2 Å². The van der Waals surface area contributed by atoms with E-state index in [2.05, 4.69) is 71.0 Å². The average Bonchev–Trinajstić information content (AvgIpc) is 3.18. The number of allylic oxidation sites excluding steroid dienone is 2. The van der Waals surface area contributed by atoms with Crippen molar-refractivity contribution in [1.29, 1.82) is 0 Å². The fourth-order valence-electron chi connectivity index (χ4n) is 7.98. The van der Waals surface area contributed by atoms with E-state index in [1.807, 2.05) is 0 Å². The first-order valence-corrected chi connectivity index (χ1v) is 24.6. The van der Waals surface area contributed by atoms with Crippen molar-refractivity contribution in [2.45, 2.75) is 240 Å². The predicted octanol–water partition coefficient (Wildman–Crippen LogP) is 15.5. The van der Waals surface area contributed by atoms with Crippen LogP contribution in [0.1, 0.15) is 240 Å². The Bertz CT molecular complexity index is 820. The standard InChI is InChI=1S/C51H97NO4/c1-7-11-33-47(34-12-8-2)40-28-31-45-55-50(53)42-26-19-15-17-23-37-49(39-25-21-22-30-44-52(5)6)38-24-18-16-20-27-43-51(54)56-46-32-29-41-48(35-13-9-3)36-14-10-4/h28-29,31-32,47-49H,7-27,30,33-46H2,1-6H3/b31-28-,32-29-. The largest absolute Gasteiger partial charge is 0.461 e. The van der Waals surface area contributed by atoms with Gasteiger partial charge in [-0.05, 0) is 70.5 Å². The molecule has 0 aliphatic rings. The van der Waals surface area contributed by atoms with Crippen molar-refractivity contribution in [2.75, 3.05) is 33.9 Å². The lowest BCUT2D eigenvalue weighted by Crippen LogP contribution is -2.12. The Balaban J connectivity index is 4.22. The number of ether oxygens (including phenoxy) is 2. The quantitative estimate of drug-likeness (QED) is 0.0350. The third-order valence-corrected chi connectivity index (χ3v) is 11.8. The van der Waals surface area contributed by atoms with Crippen LogP contribution in [0.25, 0.3) is 0 Å². The minimum absolute atomic E-state index is 0.0410. The molecule has 0 aromatic rings. The number of hydrogen-bond donors (Lipinski definition) is 0. The van der Waals surface area contributed by atoms with Crippen LogP contribution in [0.3, 0.4) is 0 Å². The number of nitrogens with zero attached hydrogens (tertiary/aromatic N) is 1. The summed E-state index contributed by atoms with van der Waals surface area (Å²) in [6.07, 6.45) is 48.8. The molecule has 0 aliphatic heterocycles. The molecule has 0 amide bonds. The highest BCUT2D eigenvalue weighted by molar-refractivity contribution is 5.69. The molecule has 0 atom stereocenters. The Kier molecular flexibility index (Phi) is 41.7. The van der Waals surface area contributed by atoms with Gasteiger partial charge >= 0.3 is 11.9 Å². The zero-order valence-corrected chi connectivity index (χ0v) is 38.6. The second-order valence-electron chi connectivity index (χ2n) is 17.6. The Morgan fingerprint density at radius 2 is 0.732 bits per heavy atom. The van der Waals surface area contributed by atoms with Crippen LogP contribution in [0, 0.1) is 17.8 Å². The van der Waals surface area contributed by atoms with E-state index in [1.165, 1.54) is 167 Å². The maximum atomic E-state index is 12.3. The summed E-state index contributed by atoms with van der Waals surface area (Å²) < 4.78 is 11.0. The third-order valence-electron chi connectivity index (χ3n) is 11.8. The Hall–Kier alpha value is -1.62. The molecular formula is C51H97NO4. The van der Waals surface area contributed by atoms with Crippen molar-refractivity contribution >= 4 is 11.9 Å². The van der Waals surface area contributed by atoms with Crippen molar-refractivity contribution in [3.63, 3.8) is 0 Å². The fraction of sp³-hybridized carbons (Fsp3) is 0.882. The van der Waals surface area contributed by atoms with Crippen molar-refractivity contribution in [2.24, 2.45) is 17.8 Å². The highest BCUT2D eigenvalue weighted by atomic mass is 16.5. The maximum Gasteiger partial charge on any atom is 0.306 e. The highest BCUT2D eigenvalue weighted by Gasteiger charge is 2.11. The van der Waals surface area contributed by atoms with Gasteiger partial charge in [-0.15, -0.1) is 0 Å². The molecule has 0 saturated carbocycles. The summed E-state index contributed by atoms with van der Waals surface area (Å²) in [6.45, 7) is 11.1. The average molecular weight is 788 g/mol. The first-order valence-electron chi connectivity index (χ1n) is 24.6. The molecule has 0 rings (SSSR count). The van der Waals surface area contributed by atoms with E-state index in [4.69, 9.17) is 9.47 Å². The summed E-state index contributed by atoms with van der Waals surface area (Å²) in [6, 6.07) is 0. The first kappa shape index (κ1) is 54.4. The summed E-state index contributed by atoms with van der Waals surface area (Å²) in [7, 11) is 4.34. The second kappa shape index (κ2) is 43.0. The van der Waals surface area contributed by atoms with Crippen LogP contribution in [0.15, 0.2) is 24.3 Å². The summed E-state index contributed by atoms with van der Waals surface area (Å²) in [5, 5.41) is 0. The van der Waals surface area contributed by atoms with Gasteiger partial charge < -0.3 is 14.4 Å². The molecule has 0 fully saturated rings. The van der Waals surface area contributed by atoms with Crippen LogP contribution in [-0.4, -0.2) is 50.7 Å². The monoisotopic (exact) mass is 788 g/mol. The van der Waals surface area contributed by atoms with Crippen LogP contribution >= 0.6 is 0 Å². The van der Waals surface area contributed by atoms with E-state index in [9.17, 15) is 9.59 Å². The third kappa shape index (κ3) is 39.2. The zero-order valence-electron chi connectivity index (χ0n) is 38.6. The number of rotatable bonds is 43. The van der Waals surface area contributed by atoms with E-state index in [1.54, 1.807) is 0 Å². The summed E-state index contributed by atoms with van der Waals surface area (Å²) >= 11 is 0. The van der Waals surface area contributed by atoms with Gasteiger partial charge in [0.2, 0.25) is 0 Å². The van der Waals surface area contributed by atoms with Gasteiger partial charge in [-0.25, -0.2) is 0 Å². The van der Waals surface area contributed by atoms with E-state index in [0.29, 0.717) is 26.1 Å². The predicted molar refractivity (Wildman–Crippen MR) is 244 cm³/mol. The molecule has 0 aromatic heterocycles. The van der Waals surface area contributed by atoms with Crippen LogP contribution < -0.4 is 0 Å². The van der Waals surface area contributed by atoms with Gasteiger partial charge in [0.15, 0.2) is 0 Å². The molecule has 56 heavy (non-hydrogen) atoms. The van der Waals surface area contributed by atoms with E-state index >= 15 is 0 Å². The molecule has 0 saturated heterocycles. The minimum Gasteiger partial charge on any atom is -0.461 e. The summed E-state index contributed by atoms with van der Waals surface area (Å²) in [5.41, 5.74) is 0. The Labute approximate surface area is 350 Å². The Morgan fingerprint density at radius 1 is 0.411 bits per heavy atom. The molecule has 5 heteroatoms. The smallest absolute Gasteiger partial charge is 0.306 e. The number of carbonyl (C=O) groups is 2. The molecular weight excluding hydrogens is 691 g/mol.